The number of ketones is 1. The maximum absolute atomic E-state index is 12.1. The molecule has 1 aliphatic rings. The lowest BCUT2D eigenvalue weighted by molar-refractivity contribution is -0.143. The van der Waals surface area contributed by atoms with Crippen molar-refractivity contribution < 1.29 is 23.8 Å². The normalized spacial score (nSPS) is 17.3. The number of ether oxygens (including phenoxy) is 3. The summed E-state index contributed by atoms with van der Waals surface area (Å²) in [6.45, 7) is 0. The Morgan fingerprint density at radius 3 is 2.33 bits per heavy atom. The highest BCUT2D eigenvalue weighted by atomic mass is 16.5. The molecule has 0 saturated heterocycles. The molecule has 1 aliphatic carbocycles. The molecule has 1 aromatic rings. The van der Waals surface area contributed by atoms with Crippen LogP contribution in [0.1, 0.15) is 15.9 Å². The Balaban J connectivity index is 2.43. The molecular formula is C13H14O5. The highest BCUT2D eigenvalue weighted by molar-refractivity contribution is 6.12. The van der Waals surface area contributed by atoms with Crippen LogP contribution in [0.15, 0.2) is 12.1 Å². The van der Waals surface area contributed by atoms with Crippen LogP contribution in [0.2, 0.25) is 0 Å². The third-order valence-corrected chi connectivity index (χ3v) is 3.10. The van der Waals surface area contributed by atoms with Gasteiger partial charge < -0.3 is 14.2 Å². The lowest BCUT2D eigenvalue weighted by Crippen LogP contribution is -2.21. The van der Waals surface area contributed by atoms with Crippen molar-refractivity contribution in [3.05, 3.63) is 23.3 Å². The van der Waals surface area contributed by atoms with Crippen LogP contribution in [0.25, 0.3) is 0 Å². The second-order valence-electron chi connectivity index (χ2n) is 4.01. The Morgan fingerprint density at radius 1 is 1.17 bits per heavy atom. The summed E-state index contributed by atoms with van der Waals surface area (Å²) < 4.78 is 14.9. The Hall–Kier alpha value is -2.04. The van der Waals surface area contributed by atoms with Crippen molar-refractivity contribution in [3.8, 4) is 11.5 Å². The number of Topliss-reactive ketones (excluding diaryl/α,β-unsaturated/α-hetero) is 1. The summed E-state index contributed by atoms with van der Waals surface area (Å²) in [5, 5.41) is 0. The van der Waals surface area contributed by atoms with Crippen molar-refractivity contribution in [2.45, 2.75) is 6.42 Å². The van der Waals surface area contributed by atoms with Crippen LogP contribution in [0.4, 0.5) is 0 Å². The molecule has 2 rings (SSSR count). The summed E-state index contributed by atoms with van der Waals surface area (Å²) in [5.41, 5.74) is 1.29. The fourth-order valence-electron chi connectivity index (χ4n) is 2.15. The van der Waals surface area contributed by atoms with Crippen LogP contribution in [0.3, 0.4) is 0 Å². The standard InChI is InChI=1S/C13H14O5/c1-16-10-5-7-4-9(13(15)18-3)12(14)8(7)6-11(10)17-2/h5-6,9H,4H2,1-3H3/t9-/m1/s1. The summed E-state index contributed by atoms with van der Waals surface area (Å²) in [4.78, 5) is 23.6. The van der Waals surface area contributed by atoms with Gasteiger partial charge in [-0.05, 0) is 24.1 Å². The number of fused-ring (bicyclic) bond motifs is 1. The van der Waals surface area contributed by atoms with Gasteiger partial charge in [0.05, 0.1) is 21.3 Å². The number of hydrogen-bond donors (Lipinski definition) is 0. The monoisotopic (exact) mass is 250 g/mol. The number of benzene rings is 1. The van der Waals surface area contributed by atoms with Crippen LogP contribution in [-0.4, -0.2) is 33.1 Å². The number of methoxy groups -OCH3 is 3. The van der Waals surface area contributed by atoms with Gasteiger partial charge in [0, 0.05) is 5.56 Å². The van der Waals surface area contributed by atoms with Crippen molar-refractivity contribution >= 4 is 11.8 Å². The van der Waals surface area contributed by atoms with E-state index in [9.17, 15) is 9.59 Å². The van der Waals surface area contributed by atoms with Gasteiger partial charge in [0.15, 0.2) is 17.3 Å². The summed E-state index contributed by atoms with van der Waals surface area (Å²) in [6.07, 6.45) is 0.348. The SMILES string of the molecule is COC(=O)[C@@H]1Cc2cc(OC)c(OC)cc2C1=O. The molecule has 0 aliphatic heterocycles. The van der Waals surface area contributed by atoms with E-state index in [-0.39, 0.29) is 5.78 Å². The van der Waals surface area contributed by atoms with Crippen LogP contribution in [0, 0.1) is 5.92 Å². The Bertz CT molecular complexity index is 506. The smallest absolute Gasteiger partial charge is 0.316 e. The molecule has 0 aromatic heterocycles. The summed E-state index contributed by atoms with van der Waals surface area (Å²) >= 11 is 0. The molecule has 18 heavy (non-hydrogen) atoms. The largest absolute Gasteiger partial charge is 0.493 e. The fraction of sp³-hybridized carbons (Fsp3) is 0.385. The van der Waals surface area contributed by atoms with E-state index in [1.54, 1.807) is 12.1 Å². The predicted octanol–water partition coefficient (Wildman–Crippen LogP) is 1.23. The first kappa shape index (κ1) is 12.4. The lowest BCUT2D eigenvalue weighted by Gasteiger charge is -2.09. The number of esters is 1. The van der Waals surface area contributed by atoms with Crippen molar-refractivity contribution in [3.63, 3.8) is 0 Å². The molecule has 0 spiro atoms. The molecule has 0 fully saturated rings. The minimum atomic E-state index is -0.748. The third kappa shape index (κ3) is 1.81. The number of rotatable bonds is 3. The topological polar surface area (TPSA) is 61.8 Å². The quantitative estimate of drug-likeness (QED) is 0.596. The van der Waals surface area contributed by atoms with Gasteiger partial charge in [-0.2, -0.15) is 0 Å². The molecule has 5 heteroatoms. The van der Waals surface area contributed by atoms with Crippen molar-refractivity contribution in [1.29, 1.82) is 0 Å². The molecule has 5 nitrogen and oxygen atoms in total. The molecule has 1 aromatic carbocycles. The van der Waals surface area contributed by atoms with Crippen molar-refractivity contribution in [2.24, 2.45) is 5.92 Å². The highest BCUT2D eigenvalue weighted by Crippen LogP contribution is 2.36. The van der Waals surface area contributed by atoms with E-state index >= 15 is 0 Å². The molecule has 0 unspecified atom stereocenters. The first-order chi connectivity index (χ1) is 8.62. The van der Waals surface area contributed by atoms with Gasteiger partial charge in [-0.3, -0.25) is 9.59 Å². The number of carbonyl (C=O) groups excluding carboxylic acids is 2. The summed E-state index contributed by atoms with van der Waals surface area (Å²) in [7, 11) is 4.31. The summed E-state index contributed by atoms with van der Waals surface area (Å²) in [6, 6.07) is 3.34. The molecule has 0 heterocycles. The van der Waals surface area contributed by atoms with Gasteiger partial charge in [-0.25, -0.2) is 0 Å². The highest BCUT2D eigenvalue weighted by Gasteiger charge is 2.37. The molecule has 96 valence electrons. The molecule has 0 N–H and O–H groups in total. The van der Waals surface area contributed by atoms with E-state index in [1.807, 2.05) is 0 Å². The third-order valence-electron chi connectivity index (χ3n) is 3.10. The van der Waals surface area contributed by atoms with Crippen LogP contribution in [-0.2, 0) is 16.0 Å². The van der Waals surface area contributed by atoms with E-state index in [0.717, 1.165) is 5.56 Å². The zero-order chi connectivity index (χ0) is 13.3. The average Bonchev–Trinajstić information content (AvgIpc) is 2.73. The lowest BCUT2D eigenvalue weighted by atomic mass is 10.1. The van der Waals surface area contributed by atoms with E-state index in [1.165, 1.54) is 21.3 Å². The Labute approximate surface area is 105 Å². The van der Waals surface area contributed by atoms with Crippen molar-refractivity contribution in [2.75, 3.05) is 21.3 Å². The molecule has 1 atom stereocenters. The summed E-state index contributed by atoms with van der Waals surface area (Å²) in [5.74, 6) is -0.446. The minimum absolute atomic E-state index is 0.224. The molecule has 0 bridgehead atoms. The second kappa shape index (κ2) is 4.68. The van der Waals surface area contributed by atoms with Crippen LogP contribution in [0.5, 0.6) is 11.5 Å². The number of carbonyl (C=O) groups is 2. The van der Waals surface area contributed by atoms with Crippen molar-refractivity contribution in [1.82, 2.24) is 0 Å². The van der Waals surface area contributed by atoms with Crippen LogP contribution >= 0.6 is 0 Å². The molecule has 0 saturated carbocycles. The van der Waals surface area contributed by atoms with Gasteiger partial charge >= 0.3 is 5.97 Å². The average molecular weight is 250 g/mol. The second-order valence-corrected chi connectivity index (χ2v) is 4.01. The molecule has 0 amide bonds. The first-order valence-electron chi connectivity index (χ1n) is 5.49. The fourth-order valence-corrected chi connectivity index (χ4v) is 2.15. The van der Waals surface area contributed by atoms with E-state index < -0.39 is 11.9 Å². The van der Waals surface area contributed by atoms with Gasteiger partial charge in [-0.1, -0.05) is 0 Å². The number of hydrogen-bond acceptors (Lipinski definition) is 5. The van der Waals surface area contributed by atoms with Gasteiger partial charge in [0.1, 0.15) is 5.92 Å². The Morgan fingerprint density at radius 2 is 1.78 bits per heavy atom. The molecular weight excluding hydrogens is 236 g/mol. The van der Waals surface area contributed by atoms with Gasteiger partial charge in [-0.15, -0.1) is 0 Å². The maximum atomic E-state index is 12.1. The predicted molar refractivity (Wildman–Crippen MR) is 63.1 cm³/mol. The van der Waals surface area contributed by atoms with E-state index in [4.69, 9.17) is 9.47 Å². The maximum Gasteiger partial charge on any atom is 0.316 e. The Kier molecular flexibility index (Phi) is 3.23. The van der Waals surface area contributed by atoms with Crippen LogP contribution < -0.4 is 9.47 Å². The molecule has 0 radical (unpaired) electrons. The first-order valence-corrected chi connectivity index (χ1v) is 5.49. The minimum Gasteiger partial charge on any atom is -0.493 e. The van der Waals surface area contributed by atoms with E-state index in [0.29, 0.717) is 23.5 Å². The zero-order valence-electron chi connectivity index (χ0n) is 10.5. The zero-order valence-corrected chi connectivity index (χ0v) is 10.5. The van der Waals surface area contributed by atoms with E-state index in [2.05, 4.69) is 4.74 Å². The van der Waals surface area contributed by atoms with Gasteiger partial charge in [0.25, 0.3) is 0 Å². The van der Waals surface area contributed by atoms with Gasteiger partial charge in [0.2, 0.25) is 0 Å².